The van der Waals surface area contributed by atoms with Crippen molar-refractivity contribution in [2.45, 2.75) is 0 Å². The van der Waals surface area contributed by atoms with E-state index < -0.39 is 0 Å². The lowest BCUT2D eigenvalue weighted by Gasteiger charge is -2.13. The van der Waals surface area contributed by atoms with E-state index in [-0.39, 0.29) is 0 Å². The van der Waals surface area contributed by atoms with Gasteiger partial charge in [-0.05, 0) is 124 Å². The molecule has 32 aromatic rings. The van der Waals surface area contributed by atoms with Crippen molar-refractivity contribution in [2.75, 3.05) is 0 Å². The highest BCUT2D eigenvalue weighted by Crippen LogP contribution is 2.50. The lowest BCUT2D eigenvalue weighted by molar-refractivity contribution is 0.953. The van der Waals surface area contributed by atoms with E-state index in [1.54, 1.807) is 0 Å². The van der Waals surface area contributed by atoms with Gasteiger partial charge in [0.05, 0.1) is 94.0 Å². The van der Waals surface area contributed by atoms with Crippen LogP contribution in [0, 0.1) is 0 Å². The zero-order chi connectivity index (χ0) is 92.9. The Kier molecular flexibility index (Phi) is 17.2. The Morgan fingerprint density at radius 2 is 0.401 bits per heavy atom. The minimum atomic E-state index is 0.600. The molecule has 0 spiro atoms. The van der Waals surface area contributed by atoms with Crippen molar-refractivity contribution in [3.63, 3.8) is 0 Å². The third-order valence-electron chi connectivity index (χ3n) is 29.0. The van der Waals surface area contributed by atoms with Gasteiger partial charge in [0.2, 0.25) is 11.9 Å². The Labute approximate surface area is 809 Å². The van der Waals surface area contributed by atoms with Crippen molar-refractivity contribution in [3.05, 3.63) is 461 Å². The third-order valence-corrected chi connectivity index (χ3v) is 29.0. The molecule has 0 bridgehead atoms. The second kappa shape index (κ2) is 31.0. The molecule has 0 aliphatic rings. The minimum Gasteiger partial charge on any atom is -0.309 e. The van der Waals surface area contributed by atoms with Gasteiger partial charge in [-0.25, -0.2) is 29.9 Å². The maximum atomic E-state index is 5.42. The number of hydrogen-bond acceptors (Lipinski definition) is 8. The second-order valence-electron chi connectivity index (χ2n) is 36.7. The fourth-order valence-electron chi connectivity index (χ4n) is 23.1. The molecule has 0 saturated carbocycles. The van der Waals surface area contributed by atoms with Gasteiger partial charge in [0.25, 0.3) is 0 Å². The van der Waals surface area contributed by atoms with Crippen LogP contribution in [-0.2, 0) is 0 Å². The van der Waals surface area contributed by atoms with Crippen molar-refractivity contribution in [1.29, 1.82) is 0 Å². The van der Waals surface area contributed by atoms with Crippen molar-refractivity contribution in [1.82, 2.24) is 66.8 Å². The molecule has 32 rings (SSSR count). The Morgan fingerprint density at radius 1 is 0.141 bits per heavy atom. The molecule has 0 unspecified atom stereocenters. The lowest BCUT2D eigenvalue weighted by Crippen LogP contribution is -2.06. The summed E-state index contributed by atoms with van der Waals surface area (Å²) in [4.78, 5) is 40.9. The number of rotatable bonds is 10. The normalized spacial score (nSPS) is 12.1. The summed E-state index contributed by atoms with van der Waals surface area (Å²) in [5.74, 6) is 4.49. The summed E-state index contributed by atoms with van der Waals surface area (Å²) in [7, 11) is 0. The van der Waals surface area contributed by atoms with E-state index in [4.69, 9.17) is 39.9 Å². The highest BCUT2D eigenvalue weighted by Gasteiger charge is 2.30. The smallest absolute Gasteiger partial charge is 0.238 e. The highest BCUT2D eigenvalue weighted by molar-refractivity contribution is 6.35. The first-order valence-corrected chi connectivity index (χ1v) is 48.1. The van der Waals surface area contributed by atoms with Gasteiger partial charge in [0.1, 0.15) is 0 Å². The molecule has 0 atom stereocenters. The molecule has 14 heteroatoms. The number of nitrogens with zero attached hydrogens (tertiary/aromatic N) is 14. The van der Waals surface area contributed by atoms with E-state index in [0.29, 0.717) is 41.0 Å². The van der Waals surface area contributed by atoms with Gasteiger partial charge in [0.15, 0.2) is 29.1 Å². The standard InChI is InChI=1S/C45H27N5.C44H26N4.C39H23N5/c1-3-13-28(14-4-1)43-46-44(29-15-5-2-6-16-29)48-45(47-43)30-17-9-18-31(27-30)49-37-24-11-20-33-35-22-10-21-34-32-19-7-8-23-36(32)50(42(34)35)39-26-12-25-38(49)41(39)40(33)37;1-2-12-27(13-3-1)28-14-8-15-29(26-28)42-34-17-4-6-21-35(34)45-44(46-42)48-37-23-10-18-31-33-20-9-19-32-30-16-5-7-22-36(30)47(43(32)33)38-24-11-25-39(48)41(38)40(31)37;1-3-12-24(13-4-1)37-40-38(25-14-5-2-6-15-25)42-39(41-37)44-31-21-10-17-27-29-19-9-18-28-26-16-7-8-20-30(26)43(36(28)29)32-22-11-23-33(44)35(32)34(27)31/h1-27H;1-26H;1-23H. The molecular weight excluding hydrogens is 1730 g/mol. The van der Waals surface area contributed by atoms with Crippen LogP contribution in [0.15, 0.2) is 461 Å². The average molecular weight is 1810 g/mol. The van der Waals surface area contributed by atoms with Crippen LogP contribution in [0.25, 0.3) is 288 Å². The summed E-state index contributed by atoms with van der Waals surface area (Å²) in [6.07, 6.45) is 0. The van der Waals surface area contributed by atoms with Crippen LogP contribution in [0.2, 0.25) is 0 Å². The largest absolute Gasteiger partial charge is 0.309 e. The van der Waals surface area contributed by atoms with Crippen LogP contribution < -0.4 is 0 Å². The SMILES string of the molecule is c1ccc(-c2cccc(-c3nc(-n4c5cccc6c7cccc8c9ccccc9n(c9cccc4c9c65)c78)nc4ccccc34)c2)cc1.c1ccc(-c2nc(-c3ccccc3)nc(-c3cccc(-n4c5cccc6c7cccc8c9ccccc9n(c9cccc4c9c65)c78)c3)n2)cc1.c1ccc(-c2nc(-c3ccccc3)nc(-n3c4cccc5c6cccc7c8ccccc8n(c8cccc3c8c54)c67)n2)cc1. The van der Waals surface area contributed by atoms with Gasteiger partial charge in [-0.15, -0.1) is 0 Å². The summed E-state index contributed by atoms with van der Waals surface area (Å²) in [5, 5.41) is 23.4. The van der Waals surface area contributed by atoms with E-state index >= 15 is 0 Å². The van der Waals surface area contributed by atoms with Crippen LogP contribution in [0.1, 0.15) is 0 Å². The quantitative estimate of drug-likeness (QED) is 0.132. The topological polar surface area (TPSA) is 131 Å². The van der Waals surface area contributed by atoms with Crippen LogP contribution >= 0.6 is 0 Å². The van der Waals surface area contributed by atoms with E-state index in [1.165, 1.54) is 152 Å². The zero-order valence-electron chi connectivity index (χ0n) is 76.1. The van der Waals surface area contributed by atoms with E-state index in [0.717, 1.165) is 94.3 Å². The molecule has 0 amide bonds. The third kappa shape index (κ3) is 11.8. The molecule has 12 aromatic heterocycles. The first-order valence-electron chi connectivity index (χ1n) is 48.1. The summed E-state index contributed by atoms with van der Waals surface area (Å²) < 4.78 is 14.3. The molecule has 0 aliphatic heterocycles. The Bertz CT molecular complexity index is 10700. The van der Waals surface area contributed by atoms with Gasteiger partial charge in [-0.2, -0.15) is 9.97 Å². The van der Waals surface area contributed by atoms with E-state index in [2.05, 4.69) is 367 Å². The second-order valence-corrected chi connectivity index (χ2v) is 36.7. The van der Waals surface area contributed by atoms with E-state index in [9.17, 15) is 0 Å². The van der Waals surface area contributed by atoms with Gasteiger partial charge < -0.3 is 17.8 Å². The fraction of sp³-hybridized carbons (Fsp3) is 0. The molecule has 0 radical (unpaired) electrons. The highest BCUT2D eigenvalue weighted by atomic mass is 15.2. The predicted molar refractivity (Wildman–Crippen MR) is 584 cm³/mol. The molecule has 20 aromatic carbocycles. The van der Waals surface area contributed by atoms with Crippen LogP contribution in [0.4, 0.5) is 0 Å². The number of para-hydroxylation sites is 7. The van der Waals surface area contributed by atoms with Crippen molar-refractivity contribution in [2.24, 2.45) is 0 Å². The maximum absolute atomic E-state index is 5.42. The van der Waals surface area contributed by atoms with Crippen molar-refractivity contribution in [3.8, 4) is 96.9 Å². The molecule has 142 heavy (non-hydrogen) atoms. The molecule has 658 valence electrons. The molecule has 0 N–H and O–H groups in total. The fourth-order valence-corrected chi connectivity index (χ4v) is 23.1. The molecule has 0 fully saturated rings. The van der Waals surface area contributed by atoms with Gasteiger partial charge in [-0.3, -0.25) is 9.13 Å². The van der Waals surface area contributed by atoms with Gasteiger partial charge >= 0.3 is 0 Å². The first kappa shape index (κ1) is 78.8. The number of fused-ring (bicyclic) bond motifs is 16. The van der Waals surface area contributed by atoms with Gasteiger partial charge in [0, 0.05) is 125 Å². The van der Waals surface area contributed by atoms with Crippen molar-refractivity contribution < 1.29 is 0 Å². The molecule has 12 heterocycles. The predicted octanol–water partition coefficient (Wildman–Crippen LogP) is 31.8. The lowest BCUT2D eigenvalue weighted by atomic mass is 10.00. The van der Waals surface area contributed by atoms with Crippen LogP contribution in [0.3, 0.4) is 0 Å². The summed E-state index contributed by atoms with van der Waals surface area (Å²) in [5.41, 5.74) is 28.6. The first-order chi connectivity index (χ1) is 70.5. The van der Waals surface area contributed by atoms with Gasteiger partial charge in [-0.1, -0.05) is 364 Å². The van der Waals surface area contributed by atoms with Crippen LogP contribution in [-0.4, -0.2) is 66.8 Å². The summed E-state index contributed by atoms with van der Waals surface area (Å²) in [6, 6.07) is 163. The van der Waals surface area contributed by atoms with Crippen molar-refractivity contribution >= 4 is 191 Å². The van der Waals surface area contributed by atoms with Crippen LogP contribution in [0.5, 0.6) is 0 Å². The number of hydrogen-bond donors (Lipinski definition) is 0. The average Bonchev–Trinajstić information content (AvgIpc) is 1.54. The molecule has 14 nitrogen and oxygen atoms in total. The van der Waals surface area contributed by atoms with E-state index in [1.807, 2.05) is 121 Å². The number of benzene rings is 20. The Hall–Kier alpha value is -19.4. The minimum absolute atomic E-state index is 0.600. The Morgan fingerprint density at radius 3 is 0.824 bits per heavy atom. The Balaban J connectivity index is 0.0000000998. The zero-order valence-corrected chi connectivity index (χ0v) is 76.1. The number of aromatic nitrogens is 14. The molecule has 0 saturated heterocycles. The maximum Gasteiger partial charge on any atom is 0.238 e. The summed E-state index contributed by atoms with van der Waals surface area (Å²) >= 11 is 0. The monoisotopic (exact) mass is 1810 g/mol. The molecular formula is C128H76N14. The summed E-state index contributed by atoms with van der Waals surface area (Å²) in [6.45, 7) is 0. The molecule has 0 aliphatic carbocycles.